The second-order valence-electron chi connectivity index (χ2n) is 6.27. The Bertz CT molecular complexity index is 817. The summed E-state index contributed by atoms with van der Waals surface area (Å²) in [4.78, 5) is 24.2. The van der Waals surface area contributed by atoms with Crippen molar-refractivity contribution in [3.05, 3.63) is 63.7 Å². The van der Waals surface area contributed by atoms with Crippen LogP contribution in [0.5, 0.6) is 0 Å². The Kier molecular flexibility index (Phi) is 5.39. The molecule has 0 saturated carbocycles. The van der Waals surface area contributed by atoms with Gasteiger partial charge in [-0.1, -0.05) is 17.7 Å². The molecule has 0 heterocycles. The first-order chi connectivity index (χ1) is 12.0. The largest absolute Gasteiger partial charge is 0.452 e. The van der Waals surface area contributed by atoms with Crippen LogP contribution in [0, 0.1) is 6.92 Å². The van der Waals surface area contributed by atoms with Gasteiger partial charge in [-0.2, -0.15) is 0 Å². The number of rotatable bonds is 4. The van der Waals surface area contributed by atoms with Gasteiger partial charge in [0, 0.05) is 10.7 Å². The molecule has 130 valence electrons. The lowest BCUT2D eigenvalue weighted by atomic mass is 9.90. The van der Waals surface area contributed by atoms with Crippen molar-refractivity contribution in [3.63, 3.8) is 0 Å². The molecule has 0 spiro atoms. The van der Waals surface area contributed by atoms with Crippen LogP contribution in [0.3, 0.4) is 0 Å². The third-order valence-electron chi connectivity index (χ3n) is 4.38. The predicted octanol–water partition coefficient (Wildman–Crippen LogP) is 4.32. The Morgan fingerprint density at radius 3 is 2.60 bits per heavy atom. The molecule has 0 fully saturated rings. The molecule has 1 N–H and O–H groups in total. The predicted molar refractivity (Wildman–Crippen MR) is 98.2 cm³/mol. The highest BCUT2D eigenvalue weighted by molar-refractivity contribution is 6.30. The fraction of sp³-hybridized carbons (Fsp3) is 0.300. The first-order valence-corrected chi connectivity index (χ1v) is 8.75. The quantitative estimate of drug-likeness (QED) is 0.829. The minimum Gasteiger partial charge on any atom is -0.452 e. The number of ether oxygens (including phenoxy) is 1. The SMILES string of the molecule is Cc1cc(Cl)ccc1NC(=O)COC(=O)c1ccc2c(c1)CCCC2. The molecule has 0 aromatic heterocycles. The van der Waals surface area contributed by atoms with E-state index in [0.29, 0.717) is 16.3 Å². The number of halogens is 1. The van der Waals surface area contributed by atoms with Crippen molar-refractivity contribution >= 4 is 29.2 Å². The van der Waals surface area contributed by atoms with Crippen LogP contribution in [0.1, 0.15) is 39.9 Å². The number of aryl methyl sites for hydroxylation is 3. The molecule has 4 nitrogen and oxygen atoms in total. The van der Waals surface area contributed by atoms with E-state index >= 15 is 0 Å². The van der Waals surface area contributed by atoms with Crippen LogP contribution in [-0.2, 0) is 22.4 Å². The summed E-state index contributed by atoms with van der Waals surface area (Å²) in [6.45, 7) is 1.53. The molecule has 0 saturated heterocycles. The molecule has 0 atom stereocenters. The van der Waals surface area contributed by atoms with Gasteiger partial charge < -0.3 is 10.1 Å². The first kappa shape index (κ1) is 17.5. The average molecular weight is 358 g/mol. The third-order valence-corrected chi connectivity index (χ3v) is 4.62. The van der Waals surface area contributed by atoms with E-state index in [1.165, 1.54) is 17.5 Å². The highest BCUT2D eigenvalue weighted by atomic mass is 35.5. The summed E-state index contributed by atoms with van der Waals surface area (Å²) in [5.74, 6) is -0.854. The Morgan fingerprint density at radius 1 is 1.08 bits per heavy atom. The molecule has 0 bridgehead atoms. The second kappa shape index (κ2) is 7.70. The number of amides is 1. The number of nitrogens with one attached hydrogen (secondary N) is 1. The summed E-state index contributed by atoms with van der Waals surface area (Å²) in [5, 5.41) is 3.33. The van der Waals surface area contributed by atoms with Crippen LogP contribution in [0.15, 0.2) is 36.4 Å². The number of hydrogen-bond acceptors (Lipinski definition) is 3. The number of anilines is 1. The standard InChI is InChI=1S/C20H20ClNO3/c1-13-10-17(21)8-9-18(13)22-19(23)12-25-20(24)16-7-6-14-4-2-3-5-15(14)11-16/h6-11H,2-5,12H2,1H3,(H,22,23). The zero-order chi connectivity index (χ0) is 17.8. The maximum Gasteiger partial charge on any atom is 0.338 e. The number of hydrogen-bond donors (Lipinski definition) is 1. The second-order valence-corrected chi connectivity index (χ2v) is 6.71. The summed E-state index contributed by atoms with van der Waals surface area (Å²) in [5.41, 5.74) is 4.51. The fourth-order valence-corrected chi connectivity index (χ4v) is 3.26. The van der Waals surface area contributed by atoms with Crippen molar-refractivity contribution in [2.75, 3.05) is 11.9 Å². The van der Waals surface area contributed by atoms with Crippen molar-refractivity contribution in [2.45, 2.75) is 32.6 Å². The highest BCUT2D eigenvalue weighted by Gasteiger charge is 2.15. The van der Waals surface area contributed by atoms with Gasteiger partial charge in [0.2, 0.25) is 0 Å². The van der Waals surface area contributed by atoms with Crippen LogP contribution in [0.2, 0.25) is 5.02 Å². The molecule has 5 heteroatoms. The molecule has 0 unspecified atom stereocenters. The van der Waals surface area contributed by atoms with Gasteiger partial charge in [-0.25, -0.2) is 4.79 Å². The van der Waals surface area contributed by atoms with E-state index in [1.54, 1.807) is 24.3 Å². The van der Waals surface area contributed by atoms with Crippen molar-refractivity contribution in [2.24, 2.45) is 0 Å². The minimum absolute atomic E-state index is 0.321. The summed E-state index contributed by atoms with van der Waals surface area (Å²) in [7, 11) is 0. The van der Waals surface area contributed by atoms with E-state index in [9.17, 15) is 9.59 Å². The normalized spacial score (nSPS) is 13.0. The van der Waals surface area contributed by atoms with Gasteiger partial charge in [0.1, 0.15) is 0 Å². The lowest BCUT2D eigenvalue weighted by Gasteiger charge is -2.16. The van der Waals surface area contributed by atoms with Gasteiger partial charge in [0.25, 0.3) is 5.91 Å². The van der Waals surface area contributed by atoms with Crippen molar-refractivity contribution in [1.82, 2.24) is 0 Å². The molecule has 1 amide bonds. The maximum absolute atomic E-state index is 12.2. The summed E-state index contributed by atoms with van der Waals surface area (Å²) < 4.78 is 5.14. The van der Waals surface area contributed by atoms with E-state index in [0.717, 1.165) is 24.8 Å². The first-order valence-electron chi connectivity index (χ1n) is 8.38. The molecule has 1 aliphatic rings. The van der Waals surface area contributed by atoms with E-state index in [2.05, 4.69) is 5.32 Å². The van der Waals surface area contributed by atoms with Gasteiger partial charge in [-0.3, -0.25) is 4.79 Å². The topological polar surface area (TPSA) is 55.4 Å². The van der Waals surface area contributed by atoms with Gasteiger partial charge in [0.05, 0.1) is 5.56 Å². The number of fused-ring (bicyclic) bond motifs is 1. The van der Waals surface area contributed by atoms with Crippen molar-refractivity contribution in [3.8, 4) is 0 Å². The molecule has 2 aromatic rings. The molecular formula is C20H20ClNO3. The molecular weight excluding hydrogens is 338 g/mol. The van der Waals surface area contributed by atoms with E-state index < -0.39 is 5.97 Å². The van der Waals surface area contributed by atoms with Crippen LogP contribution >= 0.6 is 11.6 Å². The van der Waals surface area contributed by atoms with Crippen LogP contribution in [0.4, 0.5) is 5.69 Å². The smallest absolute Gasteiger partial charge is 0.338 e. The molecule has 0 radical (unpaired) electrons. The van der Waals surface area contributed by atoms with Crippen molar-refractivity contribution in [1.29, 1.82) is 0 Å². The Morgan fingerprint density at radius 2 is 1.84 bits per heavy atom. The van der Waals surface area contributed by atoms with Crippen LogP contribution in [-0.4, -0.2) is 18.5 Å². The average Bonchev–Trinajstić information content (AvgIpc) is 2.61. The zero-order valence-electron chi connectivity index (χ0n) is 14.1. The molecule has 3 rings (SSSR count). The lowest BCUT2D eigenvalue weighted by Crippen LogP contribution is -2.21. The van der Waals surface area contributed by atoms with Crippen LogP contribution in [0.25, 0.3) is 0 Å². The summed E-state index contributed by atoms with van der Waals surface area (Å²) in [6.07, 6.45) is 4.40. The molecule has 0 aliphatic heterocycles. The molecule has 25 heavy (non-hydrogen) atoms. The van der Waals surface area contributed by atoms with E-state index in [-0.39, 0.29) is 12.5 Å². The van der Waals surface area contributed by atoms with Crippen molar-refractivity contribution < 1.29 is 14.3 Å². The fourth-order valence-electron chi connectivity index (χ4n) is 3.03. The Hall–Kier alpha value is -2.33. The minimum atomic E-state index is -0.476. The summed E-state index contributed by atoms with van der Waals surface area (Å²) >= 11 is 5.89. The van der Waals surface area contributed by atoms with Gasteiger partial charge in [-0.05, 0) is 79.6 Å². The van der Waals surface area contributed by atoms with Gasteiger partial charge in [0.15, 0.2) is 6.61 Å². The monoisotopic (exact) mass is 357 g/mol. The third kappa shape index (κ3) is 4.40. The van der Waals surface area contributed by atoms with Gasteiger partial charge >= 0.3 is 5.97 Å². The van der Waals surface area contributed by atoms with Gasteiger partial charge in [-0.15, -0.1) is 0 Å². The van der Waals surface area contributed by atoms with E-state index in [4.69, 9.17) is 16.3 Å². The number of carbonyl (C=O) groups is 2. The van der Waals surface area contributed by atoms with Crippen LogP contribution < -0.4 is 5.32 Å². The zero-order valence-corrected chi connectivity index (χ0v) is 14.9. The molecule has 2 aromatic carbocycles. The number of carbonyl (C=O) groups excluding carboxylic acids is 2. The Labute approximate surface area is 152 Å². The maximum atomic E-state index is 12.2. The summed E-state index contributed by atoms with van der Waals surface area (Å²) in [6, 6.07) is 10.8. The highest BCUT2D eigenvalue weighted by Crippen LogP contribution is 2.23. The number of benzene rings is 2. The molecule has 1 aliphatic carbocycles. The lowest BCUT2D eigenvalue weighted by molar-refractivity contribution is -0.119. The van der Waals surface area contributed by atoms with E-state index in [1.807, 2.05) is 19.1 Å². The number of esters is 1. The Balaban J connectivity index is 1.57.